The summed E-state index contributed by atoms with van der Waals surface area (Å²) in [5.41, 5.74) is 6.44. The van der Waals surface area contributed by atoms with Gasteiger partial charge in [0, 0.05) is 25.8 Å². The van der Waals surface area contributed by atoms with E-state index in [1.165, 1.54) is 0 Å². The summed E-state index contributed by atoms with van der Waals surface area (Å²) >= 11 is 6.03. The van der Waals surface area contributed by atoms with Crippen molar-refractivity contribution in [2.75, 3.05) is 18.0 Å². The summed E-state index contributed by atoms with van der Waals surface area (Å²) in [5.74, 6) is 0.920. The van der Waals surface area contributed by atoms with Crippen LogP contribution in [0, 0.1) is 0 Å². The Morgan fingerprint density at radius 2 is 2.33 bits per heavy atom. The van der Waals surface area contributed by atoms with Crippen LogP contribution in [0.1, 0.15) is 26.3 Å². The molecule has 0 radical (unpaired) electrons. The molecule has 0 bridgehead atoms. The third-order valence-corrected chi connectivity index (χ3v) is 3.37. The Balaban J connectivity index is 2.25. The molecule has 1 unspecified atom stereocenters. The number of rotatable bonds is 2. The Morgan fingerprint density at radius 3 is 2.94 bits per heavy atom. The summed E-state index contributed by atoms with van der Waals surface area (Å²) in [5, 5.41) is 0.627. The van der Waals surface area contributed by atoms with Crippen molar-refractivity contribution in [3.05, 3.63) is 22.8 Å². The smallest absolute Gasteiger partial charge is 0.129 e. The zero-order valence-corrected chi connectivity index (χ0v) is 11.9. The lowest BCUT2D eigenvalue weighted by atomic mass is 10.1. The third kappa shape index (κ3) is 2.94. The van der Waals surface area contributed by atoms with Crippen molar-refractivity contribution in [1.82, 2.24) is 4.98 Å². The number of ether oxygens (including phenoxy) is 1. The Bertz CT molecular complexity index is 436. The van der Waals surface area contributed by atoms with Crippen LogP contribution in [-0.4, -0.2) is 29.8 Å². The first-order chi connectivity index (χ1) is 8.41. The van der Waals surface area contributed by atoms with E-state index in [9.17, 15) is 0 Å². The molecule has 4 nitrogen and oxygen atoms in total. The predicted octanol–water partition coefficient (Wildman–Crippen LogP) is 2.20. The molecular weight excluding hydrogens is 250 g/mol. The summed E-state index contributed by atoms with van der Waals surface area (Å²) in [4.78, 5) is 6.62. The second-order valence-electron chi connectivity index (χ2n) is 5.41. The summed E-state index contributed by atoms with van der Waals surface area (Å²) in [7, 11) is 0. The van der Waals surface area contributed by atoms with Crippen molar-refractivity contribution in [2.45, 2.75) is 39.0 Å². The number of hydrogen-bond donors (Lipinski definition) is 1. The zero-order chi connectivity index (χ0) is 13.3. The average molecular weight is 270 g/mol. The minimum absolute atomic E-state index is 0.165. The van der Waals surface area contributed by atoms with E-state index in [1.807, 2.05) is 6.07 Å². The first-order valence-corrected chi connectivity index (χ1v) is 6.56. The number of hydrogen-bond acceptors (Lipinski definition) is 4. The van der Waals surface area contributed by atoms with Crippen molar-refractivity contribution in [3.63, 3.8) is 0 Å². The lowest BCUT2D eigenvalue weighted by Crippen LogP contribution is -2.52. The lowest BCUT2D eigenvalue weighted by Gasteiger charge is -2.42. The molecule has 0 amide bonds. The number of halogens is 1. The molecule has 1 aliphatic heterocycles. The number of nitrogens with two attached hydrogens (primary N) is 1. The fraction of sp³-hybridized carbons (Fsp3) is 0.615. The molecule has 0 aliphatic carbocycles. The maximum atomic E-state index is 6.03. The van der Waals surface area contributed by atoms with Crippen LogP contribution in [-0.2, 0) is 11.3 Å². The molecule has 5 heteroatoms. The molecule has 1 atom stereocenters. The molecule has 0 saturated carbocycles. The van der Waals surface area contributed by atoms with Gasteiger partial charge in [0.1, 0.15) is 5.82 Å². The second-order valence-corrected chi connectivity index (χ2v) is 5.81. The molecule has 1 fully saturated rings. The Kier molecular flexibility index (Phi) is 3.80. The number of anilines is 1. The zero-order valence-electron chi connectivity index (χ0n) is 11.1. The number of pyridine rings is 1. The Hall–Kier alpha value is -0.840. The van der Waals surface area contributed by atoms with Gasteiger partial charge in [0.2, 0.25) is 0 Å². The SMILES string of the molecule is CC1CN(c2cc(CN)c(Cl)cn2)CC(C)(C)O1. The van der Waals surface area contributed by atoms with Gasteiger partial charge in [-0.1, -0.05) is 11.6 Å². The van der Waals surface area contributed by atoms with Gasteiger partial charge in [-0.2, -0.15) is 0 Å². The Labute approximate surface area is 113 Å². The molecule has 1 aromatic rings. The Morgan fingerprint density at radius 1 is 1.61 bits per heavy atom. The third-order valence-electron chi connectivity index (χ3n) is 3.03. The molecule has 1 aromatic heterocycles. The van der Waals surface area contributed by atoms with E-state index in [-0.39, 0.29) is 11.7 Å². The van der Waals surface area contributed by atoms with Crippen LogP contribution in [0.4, 0.5) is 5.82 Å². The van der Waals surface area contributed by atoms with Crippen molar-refractivity contribution in [2.24, 2.45) is 5.73 Å². The number of nitrogens with zero attached hydrogens (tertiary/aromatic N) is 2. The van der Waals surface area contributed by atoms with E-state index >= 15 is 0 Å². The van der Waals surface area contributed by atoms with Crippen LogP contribution in [0.5, 0.6) is 0 Å². The lowest BCUT2D eigenvalue weighted by molar-refractivity contribution is -0.0751. The first-order valence-electron chi connectivity index (χ1n) is 6.18. The molecule has 2 heterocycles. The molecule has 2 N–H and O–H groups in total. The predicted molar refractivity (Wildman–Crippen MR) is 74.0 cm³/mol. The van der Waals surface area contributed by atoms with E-state index in [0.717, 1.165) is 24.5 Å². The largest absolute Gasteiger partial charge is 0.369 e. The maximum absolute atomic E-state index is 6.03. The van der Waals surface area contributed by atoms with Crippen LogP contribution < -0.4 is 10.6 Å². The summed E-state index contributed by atoms with van der Waals surface area (Å²) in [6, 6.07) is 1.97. The summed E-state index contributed by atoms with van der Waals surface area (Å²) in [6.45, 7) is 8.34. The molecule has 100 valence electrons. The van der Waals surface area contributed by atoms with Gasteiger partial charge in [-0.25, -0.2) is 4.98 Å². The quantitative estimate of drug-likeness (QED) is 0.894. The molecule has 0 spiro atoms. The minimum atomic E-state index is -0.165. The van der Waals surface area contributed by atoms with Gasteiger partial charge in [0.15, 0.2) is 0 Å². The van der Waals surface area contributed by atoms with E-state index in [2.05, 4.69) is 30.7 Å². The van der Waals surface area contributed by atoms with E-state index in [1.54, 1.807) is 6.20 Å². The molecule has 1 aliphatic rings. The fourth-order valence-corrected chi connectivity index (χ4v) is 2.61. The molecule has 0 aromatic carbocycles. The highest BCUT2D eigenvalue weighted by Gasteiger charge is 2.32. The second kappa shape index (κ2) is 5.03. The van der Waals surface area contributed by atoms with Gasteiger partial charge in [-0.05, 0) is 32.4 Å². The van der Waals surface area contributed by atoms with E-state index < -0.39 is 0 Å². The van der Waals surface area contributed by atoms with Crippen LogP contribution in [0.3, 0.4) is 0 Å². The van der Waals surface area contributed by atoms with Gasteiger partial charge in [0.05, 0.1) is 16.7 Å². The minimum Gasteiger partial charge on any atom is -0.369 e. The number of aromatic nitrogens is 1. The van der Waals surface area contributed by atoms with Crippen molar-refractivity contribution in [3.8, 4) is 0 Å². The van der Waals surface area contributed by atoms with E-state index in [0.29, 0.717) is 11.6 Å². The van der Waals surface area contributed by atoms with Crippen molar-refractivity contribution >= 4 is 17.4 Å². The maximum Gasteiger partial charge on any atom is 0.129 e. The molecule has 1 saturated heterocycles. The van der Waals surface area contributed by atoms with Gasteiger partial charge in [-0.3, -0.25) is 0 Å². The van der Waals surface area contributed by atoms with E-state index in [4.69, 9.17) is 22.1 Å². The fourth-order valence-electron chi connectivity index (χ4n) is 2.43. The van der Waals surface area contributed by atoms with Crippen LogP contribution >= 0.6 is 11.6 Å². The normalized spacial score (nSPS) is 23.2. The van der Waals surface area contributed by atoms with Gasteiger partial charge < -0.3 is 15.4 Å². The molecule has 18 heavy (non-hydrogen) atoms. The average Bonchev–Trinajstić information content (AvgIpc) is 2.27. The monoisotopic (exact) mass is 269 g/mol. The van der Waals surface area contributed by atoms with Gasteiger partial charge >= 0.3 is 0 Å². The van der Waals surface area contributed by atoms with Crippen molar-refractivity contribution in [1.29, 1.82) is 0 Å². The van der Waals surface area contributed by atoms with Crippen LogP contribution in [0.2, 0.25) is 5.02 Å². The van der Waals surface area contributed by atoms with Gasteiger partial charge in [0.25, 0.3) is 0 Å². The highest BCUT2D eigenvalue weighted by atomic mass is 35.5. The van der Waals surface area contributed by atoms with Gasteiger partial charge in [-0.15, -0.1) is 0 Å². The molecule has 2 rings (SSSR count). The highest BCUT2D eigenvalue weighted by molar-refractivity contribution is 6.31. The van der Waals surface area contributed by atoms with Crippen LogP contribution in [0.15, 0.2) is 12.3 Å². The molecular formula is C13H20ClN3O. The standard InChI is InChI=1S/C13H20ClN3O/c1-9-7-17(8-13(2,3)18-9)12-4-10(5-15)11(14)6-16-12/h4,6,9H,5,7-8,15H2,1-3H3. The topological polar surface area (TPSA) is 51.4 Å². The summed E-state index contributed by atoms with van der Waals surface area (Å²) in [6.07, 6.45) is 1.86. The first kappa shape index (κ1) is 13.6. The van der Waals surface area contributed by atoms with Crippen molar-refractivity contribution < 1.29 is 4.74 Å². The highest BCUT2D eigenvalue weighted by Crippen LogP contribution is 2.26. The number of morpholine rings is 1. The van der Waals surface area contributed by atoms with Crippen LogP contribution in [0.25, 0.3) is 0 Å². The summed E-state index contributed by atoms with van der Waals surface area (Å²) < 4.78 is 5.89.